The van der Waals surface area contributed by atoms with E-state index in [1.807, 2.05) is 32.0 Å². The highest BCUT2D eigenvalue weighted by atomic mass is 35.5. The van der Waals surface area contributed by atoms with Gasteiger partial charge in [-0.05, 0) is 49.9 Å². The summed E-state index contributed by atoms with van der Waals surface area (Å²) in [7, 11) is 0. The summed E-state index contributed by atoms with van der Waals surface area (Å²) in [4.78, 5) is 13.2. The van der Waals surface area contributed by atoms with E-state index in [0.29, 0.717) is 0 Å². The molecule has 0 aliphatic carbocycles. The van der Waals surface area contributed by atoms with Crippen molar-refractivity contribution < 1.29 is 4.79 Å². The monoisotopic (exact) mass is 223 g/mol. The number of carbonyl (C=O) groups excluding carboxylic acids is 1. The van der Waals surface area contributed by atoms with Crippen molar-refractivity contribution in [1.29, 1.82) is 0 Å². The third-order valence-corrected chi connectivity index (χ3v) is 3.19. The van der Waals surface area contributed by atoms with Crippen LogP contribution in [0.2, 0.25) is 0 Å². The second kappa shape index (κ2) is 3.53. The summed E-state index contributed by atoms with van der Waals surface area (Å²) in [5, 5.41) is -0.396. The SMILES string of the molecule is CC1(C)CCc2ccccc2N1C(=O)Cl. The van der Waals surface area contributed by atoms with E-state index < -0.39 is 5.37 Å². The van der Waals surface area contributed by atoms with Crippen LogP contribution in [0.4, 0.5) is 10.5 Å². The number of benzene rings is 1. The molecule has 2 rings (SSSR count). The first-order valence-electron chi connectivity index (χ1n) is 5.10. The molecule has 0 saturated heterocycles. The van der Waals surface area contributed by atoms with E-state index in [1.54, 1.807) is 4.90 Å². The highest BCUT2D eigenvalue weighted by Crippen LogP contribution is 2.37. The van der Waals surface area contributed by atoms with Gasteiger partial charge in [-0.3, -0.25) is 9.69 Å². The van der Waals surface area contributed by atoms with Crippen LogP contribution in [0.15, 0.2) is 24.3 Å². The van der Waals surface area contributed by atoms with Gasteiger partial charge >= 0.3 is 5.37 Å². The lowest BCUT2D eigenvalue weighted by molar-refractivity contribution is 0.256. The quantitative estimate of drug-likeness (QED) is 0.486. The predicted molar refractivity (Wildman–Crippen MR) is 62.6 cm³/mol. The maximum absolute atomic E-state index is 11.5. The largest absolute Gasteiger partial charge is 0.321 e. The Morgan fingerprint density at radius 2 is 2.07 bits per heavy atom. The highest BCUT2D eigenvalue weighted by molar-refractivity contribution is 6.66. The molecule has 0 bridgehead atoms. The second-order valence-corrected chi connectivity index (χ2v) is 4.85. The highest BCUT2D eigenvalue weighted by Gasteiger charge is 2.35. The van der Waals surface area contributed by atoms with E-state index in [0.717, 1.165) is 18.5 Å². The number of para-hydroxylation sites is 1. The summed E-state index contributed by atoms with van der Waals surface area (Å²) in [5.74, 6) is 0. The lowest BCUT2D eigenvalue weighted by atomic mass is 9.87. The van der Waals surface area contributed by atoms with Crippen LogP contribution >= 0.6 is 11.6 Å². The Bertz CT molecular complexity index is 400. The Labute approximate surface area is 94.8 Å². The van der Waals surface area contributed by atoms with Gasteiger partial charge in [0.2, 0.25) is 0 Å². The number of carbonyl (C=O) groups is 1. The van der Waals surface area contributed by atoms with Crippen molar-refractivity contribution in [3.63, 3.8) is 0 Å². The molecule has 1 aliphatic rings. The fourth-order valence-corrected chi connectivity index (χ4v) is 2.47. The number of amides is 1. The summed E-state index contributed by atoms with van der Waals surface area (Å²) >= 11 is 5.66. The fourth-order valence-electron chi connectivity index (χ4n) is 2.15. The van der Waals surface area contributed by atoms with Crippen LogP contribution in [0.1, 0.15) is 25.8 Å². The van der Waals surface area contributed by atoms with Crippen LogP contribution in [-0.4, -0.2) is 10.9 Å². The molecule has 3 heteroatoms. The van der Waals surface area contributed by atoms with Crippen molar-refractivity contribution in [2.75, 3.05) is 4.90 Å². The fraction of sp³-hybridized carbons (Fsp3) is 0.417. The molecule has 0 fully saturated rings. The number of fused-ring (bicyclic) bond motifs is 1. The van der Waals surface area contributed by atoms with Crippen LogP contribution in [0.5, 0.6) is 0 Å². The molecule has 0 aromatic heterocycles. The molecule has 0 N–H and O–H groups in total. The van der Waals surface area contributed by atoms with Crippen molar-refractivity contribution in [2.24, 2.45) is 0 Å². The molecule has 0 atom stereocenters. The number of aryl methyl sites for hydroxylation is 1. The number of rotatable bonds is 0. The number of hydrogen-bond donors (Lipinski definition) is 0. The molecule has 1 aromatic rings. The smallest absolute Gasteiger partial charge is 0.293 e. The summed E-state index contributed by atoms with van der Waals surface area (Å²) < 4.78 is 0. The summed E-state index contributed by atoms with van der Waals surface area (Å²) in [6, 6.07) is 7.94. The van der Waals surface area contributed by atoms with E-state index in [9.17, 15) is 4.79 Å². The minimum Gasteiger partial charge on any atom is -0.293 e. The number of hydrogen-bond acceptors (Lipinski definition) is 1. The molecule has 0 unspecified atom stereocenters. The van der Waals surface area contributed by atoms with E-state index in [2.05, 4.69) is 6.07 Å². The first kappa shape index (κ1) is 10.5. The van der Waals surface area contributed by atoms with Gasteiger partial charge in [-0.1, -0.05) is 18.2 Å². The Morgan fingerprint density at radius 3 is 2.73 bits per heavy atom. The topological polar surface area (TPSA) is 20.3 Å². The summed E-state index contributed by atoms with van der Waals surface area (Å²) in [6.45, 7) is 4.09. The van der Waals surface area contributed by atoms with Gasteiger partial charge in [-0.2, -0.15) is 0 Å². The van der Waals surface area contributed by atoms with Crippen LogP contribution in [0.3, 0.4) is 0 Å². The van der Waals surface area contributed by atoms with Crippen LogP contribution < -0.4 is 4.90 Å². The van der Waals surface area contributed by atoms with Gasteiger partial charge in [0.05, 0.1) is 0 Å². The summed E-state index contributed by atoms with van der Waals surface area (Å²) in [5.41, 5.74) is 1.97. The van der Waals surface area contributed by atoms with Gasteiger partial charge in [0.1, 0.15) is 0 Å². The van der Waals surface area contributed by atoms with Crippen LogP contribution in [-0.2, 0) is 6.42 Å². The molecule has 0 saturated carbocycles. The summed E-state index contributed by atoms with van der Waals surface area (Å²) in [6.07, 6.45) is 1.95. The van der Waals surface area contributed by atoms with E-state index in [-0.39, 0.29) is 5.54 Å². The molecule has 1 aromatic carbocycles. The van der Waals surface area contributed by atoms with E-state index in [4.69, 9.17) is 11.6 Å². The van der Waals surface area contributed by atoms with Crippen molar-refractivity contribution in [3.8, 4) is 0 Å². The van der Waals surface area contributed by atoms with Crippen LogP contribution in [0, 0.1) is 0 Å². The van der Waals surface area contributed by atoms with E-state index in [1.165, 1.54) is 5.56 Å². The Balaban J connectivity index is 2.53. The molecule has 1 aliphatic heterocycles. The molecule has 0 radical (unpaired) electrons. The third-order valence-electron chi connectivity index (χ3n) is 3.02. The Kier molecular flexibility index (Phi) is 2.47. The molecule has 0 spiro atoms. The first-order chi connectivity index (χ1) is 7.02. The van der Waals surface area contributed by atoms with Crippen molar-refractivity contribution in [1.82, 2.24) is 0 Å². The van der Waals surface area contributed by atoms with Gasteiger partial charge < -0.3 is 0 Å². The second-order valence-electron chi connectivity index (χ2n) is 4.53. The predicted octanol–water partition coefficient (Wildman–Crippen LogP) is 3.58. The molecule has 80 valence electrons. The van der Waals surface area contributed by atoms with Gasteiger partial charge in [0, 0.05) is 11.2 Å². The zero-order chi connectivity index (χ0) is 11.1. The van der Waals surface area contributed by atoms with Crippen molar-refractivity contribution in [3.05, 3.63) is 29.8 Å². The Morgan fingerprint density at radius 1 is 1.40 bits per heavy atom. The third kappa shape index (κ3) is 1.74. The maximum atomic E-state index is 11.5. The average molecular weight is 224 g/mol. The maximum Gasteiger partial charge on any atom is 0.321 e. The van der Waals surface area contributed by atoms with Gasteiger partial charge in [-0.15, -0.1) is 0 Å². The first-order valence-corrected chi connectivity index (χ1v) is 5.48. The molecular formula is C12H14ClNO. The average Bonchev–Trinajstić information content (AvgIpc) is 2.15. The van der Waals surface area contributed by atoms with Gasteiger partial charge in [0.25, 0.3) is 0 Å². The molecule has 15 heavy (non-hydrogen) atoms. The molecule has 2 nitrogen and oxygen atoms in total. The minimum absolute atomic E-state index is 0.187. The molecule has 1 amide bonds. The van der Waals surface area contributed by atoms with Crippen LogP contribution in [0.25, 0.3) is 0 Å². The standard InChI is InChI=1S/C12H14ClNO/c1-12(2)8-7-9-5-3-4-6-10(9)14(12)11(13)15/h3-6H,7-8H2,1-2H3. The van der Waals surface area contributed by atoms with Crippen molar-refractivity contribution >= 4 is 22.7 Å². The van der Waals surface area contributed by atoms with Gasteiger partial charge in [-0.25, -0.2) is 0 Å². The number of nitrogens with zero attached hydrogens (tertiary/aromatic N) is 1. The molecular weight excluding hydrogens is 210 g/mol. The Hall–Kier alpha value is -1.02. The molecule has 1 heterocycles. The van der Waals surface area contributed by atoms with Crippen molar-refractivity contribution in [2.45, 2.75) is 32.2 Å². The zero-order valence-corrected chi connectivity index (χ0v) is 9.71. The minimum atomic E-state index is -0.396. The van der Waals surface area contributed by atoms with Gasteiger partial charge in [0.15, 0.2) is 0 Å². The number of anilines is 1. The van der Waals surface area contributed by atoms with E-state index >= 15 is 0 Å². The zero-order valence-electron chi connectivity index (χ0n) is 8.96. The lowest BCUT2D eigenvalue weighted by Gasteiger charge is -2.42. The normalized spacial score (nSPS) is 18.5. The lowest BCUT2D eigenvalue weighted by Crippen LogP contribution is -2.48. The number of halogens is 1.